The summed E-state index contributed by atoms with van der Waals surface area (Å²) in [7, 11) is 0. The number of carbonyl (C=O) groups excluding carboxylic acids is 1. The predicted octanol–water partition coefficient (Wildman–Crippen LogP) is 3.79. The van der Waals surface area contributed by atoms with E-state index in [1.165, 1.54) is 0 Å². The Balaban J connectivity index is 1.66. The fourth-order valence-electron chi connectivity index (χ4n) is 2.79. The van der Waals surface area contributed by atoms with Gasteiger partial charge in [-0.3, -0.25) is 4.79 Å². The molecular weight excluding hydrogens is 236 g/mol. The van der Waals surface area contributed by atoms with Crippen LogP contribution in [0, 0.1) is 5.92 Å². The second-order valence-corrected chi connectivity index (χ2v) is 5.23. The zero-order chi connectivity index (χ0) is 13.1. The molecule has 1 aromatic rings. The maximum atomic E-state index is 11.9. The molecule has 0 aromatic heterocycles. The largest absolute Gasteiger partial charge is 0.489 e. The summed E-state index contributed by atoms with van der Waals surface area (Å²) < 4.78 is 5.80. The van der Waals surface area contributed by atoms with Crippen LogP contribution in [0.3, 0.4) is 0 Å². The van der Waals surface area contributed by atoms with Crippen molar-refractivity contribution in [1.29, 1.82) is 0 Å². The molecule has 1 fully saturated rings. The zero-order valence-corrected chi connectivity index (χ0v) is 11.0. The predicted molar refractivity (Wildman–Crippen MR) is 74.4 cm³/mol. The molecule has 3 rings (SSSR count). The summed E-state index contributed by atoms with van der Waals surface area (Å²) in [5.74, 6) is 1.60. The van der Waals surface area contributed by atoms with E-state index in [1.54, 1.807) is 0 Å². The number of hydrogen-bond acceptors (Lipinski definition) is 2. The second kappa shape index (κ2) is 5.43. The Morgan fingerprint density at radius 1 is 1.21 bits per heavy atom. The van der Waals surface area contributed by atoms with E-state index < -0.39 is 0 Å². The van der Waals surface area contributed by atoms with Crippen LogP contribution in [-0.4, -0.2) is 5.78 Å². The van der Waals surface area contributed by atoms with Crippen LogP contribution in [0.4, 0.5) is 0 Å². The molecule has 1 aromatic carbocycles. The lowest BCUT2D eigenvalue weighted by atomic mass is 9.79. The van der Waals surface area contributed by atoms with Crippen LogP contribution >= 0.6 is 0 Å². The molecule has 2 heteroatoms. The molecule has 0 saturated heterocycles. The van der Waals surface area contributed by atoms with Gasteiger partial charge in [-0.15, -0.1) is 0 Å². The number of carbonyl (C=O) groups is 1. The maximum Gasteiger partial charge on any atom is 0.159 e. The van der Waals surface area contributed by atoms with E-state index >= 15 is 0 Å². The summed E-state index contributed by atoms with van der Waals surface area (Å²) in [5.41, 5.74) is 2.13. The molecule has 2 nitrogen and oxygen atoms in total. The molecule has 2 aliphatic rings. The molecule has 2 aliphatic carbocycles. The third-order valence-corrected chi connectivity index (χ3v) is 3.87. The number of hydrogen-bond donors (Lipinski definition) is 0. The van der Waals surface area contributed by atoms with Crippen molar-refractivity contribution in [2.24, 2.45) is 5.92 Å². The van der Waals surface area contributed by atoms with Crippen LogP contribution in [0.25, 0.3) is 0 Å². The minimum atomic E-state index is 0.310. The number of allylic oxidation sites excluding steroid dienone is 3. The van der Waals surface area contributed by atoms with Crippen LogP contribution in [0.2, 0.25) is 0 Å². The highest BCUT2D eigenvalue weighted by Crippen LogP contribution is 2.34. The van der Waals surface area contributed by atoms with E-state index in [9.17, 15) is 4.79 Å². The lowest BCUT2D eigenvalue weighted by Crippen LogP contribution is -2.21. The summed E-state index contributed by atoms with van der Waals surface area (Å²) in [6.45, 7) is 0.565. The van der Waals surface area contributed by atoms with Gasteiger partial charge in [-0.2, -0.15) is 0 Å². The summed E-state index contributed by atoms with van der Waals surface area (Å²) in [6.07, 6.45) is 7.90. The SMILES string of the molecule is O=C1CCCC2CC=C(OCc3ccccc3)C=C12. The number of ether oxygens (including phenoxy) is 1. The van der Waals surface area contributed by atoms with E-state index in [2.05, 4.69) is 6.08 Å². The molecule has 0 bridgehead atoms. The van der Waals surface area contributed by atoms with Gasteiger partial charge in [0.25, 0.3) is 0 Å². The lowest BCUT2D eigenvalue weighted by Gasteiger charge is -2.26. The zero-order valence-electron chi connectivity index (χ0n) is 11.0. The molecule has 0 spiro atoms. The summed E-state index contributed by atoms with van der Waals surface area (Å²) in [5, 5.41) is 0. The first kappa shape index (κ1) is 12.2. The molecule has 98 valence electrons. The fourth-order valence-corrected chi connectivity index (χ4v) is 2.79. The fraction of sp³-hybridized carbons (Fsp3) is 0.353. The maximum absolute atomic E-state index is 11.9. The van der Waals surface area contributed by atoms with Crippen molar-refractivity contribution in [2.75, 3.05) is 0 Å². The molecule has 19 heavy (non-hydrogen) atoms. The van der Waals surface area contributed by atoms with Gasteiger partial charge in [0, 0.05) is 12.0 Å². The van der Waals surface area contributed by atoms with Crippen molar-refractivity contribution in [3.8, 4) is 0 Å². The Bertz CT molecular complexity index is 525. The highest BCUT2D eigenvalue weighted by molar-refractivity contribution is 5.97. The van der Waals surface area contributed by atoms with Gasteiger partial charge < -0.3 is 4.74 Å². The second-order valence-electron chi connectivity index (χ2n) is 5.23. The third kappa shape index (κ3) is 2.78. The topological polar surface area (TPSA) is 26.3 Å². The van der Waals surface area contributed by atoms with Gasteiger partial charge in [-0.25, -0.2) is 0 Å². The summed E-state index contributed by atoms with van der Waals surface area (Å²) in [6, 6.07) is 10.1. The first-order chi connectivity index (χ1) is 9.33. The van der Waals surface area contributed by atoms with Gasteiger partial charge in [0.1, 0.15) is 12.4 Å². The molecule has 0 N–H and O–H groups in total. The monoisotopic (exact) mass is 254 g/mol. The number of benzene rings is 1. The van der Waals surface area contributed by atoms with Gasteiger partial charge in [0.05, 0.1) is 0 Å². The first-order valence-electron chi connectivity index (χ1n) is 6.94. The normalized spacial score (nSPS) is 22.3. The smallest absolute Gasteiger partial charge is 0.159 e. The van der Waals surface area contributed by atoms with Crippen molar-refractivity contribution in [3.05, 3.63) is 59.4 Å². The van der Waals surface area contributed by atoms with Gasteiger partial charge >= 0.3 is 0 Å². The molecule has 1 atom stereocenters. The lowest BCUT2D eigenvalue weighted by molar-refractivity contribution is -0.117. The number of rotatable bonds is 3. The Morgan fingerprint density at radius 2 is 2.05 bits per heavy atom. The van der Waals surface area contributed by atoms with Crippen molar-refractivity contribution in [2.45, 2.75) is 32.3 Å². The molecule has 0 aliphatic heterocycles. The minimum absolute atomic E-state index is 0.310. The van der Waals surface area contributed by atoms with Gasteiger partial charge in [0.2, 0.25) is 0 Å². The molecule has 0 radical (unpaired) electrons. The minimum Gasteiger partial charge on any atom is -0.489 e. The average molecular weight is 254 g/mol. The summed E-state index contributed by atoms with van der Waals surface area (Å²) in [4.78, 5) is 11.9. The van der Waals surface area contributed by atoms with Gasteiger partial charge in [-0.1, -0.05) is 30.3 Å². The van der Waals surface area contributed by atoms with E-state index in [0.717, 1.165) is 36.2 Å². The van der Waals surface area contributed by atoms with E-state index in [0.29, 0.717) is 24.7 Å². The van der Waals surface area contributed by atoms with Crippen molar-refractivity contribution < 1.29 is 9.53 Å². The van der Waals surface area contributed by atoms with Gasteiger partial charge in [-0.05, 0) is 42.9 Å². The number of fused-ring (bicyclic) bond motifs is 1. The number of Topliss-reactive ketones (excluding diaryl/α,β-unsaturated/α-hetero) is 1. The van der Waals surface area contributed by atoms with Crippen LogP contribution < -0.4 is 0 Å². The Morgan fingerprint density at radius 3 is 2.89 bits per heavy atom. The van der Waals surface area contributed by atoms with Crippen molar-refractivity contribution in [1.82, 2.24) is 0 Å². The molecular formula is C17H18O2. The Hall–Kier alpha value is -1.83. The number of ketones is 1. The van der Waals surface area contributed by atoms with Crippen LogP contribution in [0.1, 0.15) is 31.2 Å². The van der Waals surface area contributed by atoms with Crippen LogP contribution in [0.15, 0.2) is 53.8 Å². The molecule has 1 saturated carbocycles. The van der Waals surface area contributed by atoms with Crippen molar-refractivity contribution >= 4 is 5.78 Å². The highest BCUT2D eigenvalue weighted by Gasteiger charge is 2.27. The Labute approximate surface area is 113 Å². The molecule has 0 amide bonds. The van der Waals surface area contributed by atoms with E-state index in [1.807, 2.05) is 36.4 Å². The van der Waals surface area contributed by atoms with Crippen LogP contribution in [0.5, 0.6) is 0 Å². The highest BCUT2D eigenvalue weighted by atomic mass is 16.5. The molecule has 1 unspecified atom stereocenters. The Kier molecular flexibility index (Phi) is 3.49. The third-order valence-electron chi connectivity index (χ3n) is 3.87. The van der Waals surface area contributed by atoms with Crippen LogP contribution in [-0.2, 0) is 16.1 Å². The standard InChI is InChI=1S/C17H18O2/c18-17-8-4-7-14-9-10-15(11-16(14)17)19-12-13-5-2-1-3-6-13/h1-3,5-6,10-11,14H,4,7-9,12H2. The summed E-state index contributed by atoms with van der Waals surface area (Å²) >= 11 is 0. The first-order valence-corrected chi connectivity index (χ1v) is 6.94. The van der Waals surface area contributed by atoms with E-state index in [-0.39, 0.29) is 0 Å². The quantitative estimate of drug-likeness (QED) is 0.820. The van der Waals surface area contributed by atoms with Crippen molar-refractivity contribution in [3.63, 3.8) is 0 Å². The molecule has 0 heterocycles. The average Bonchev–Trinajstić information content (AvgIpc) is 2.47. The van der Waals surface area contributed by atoms with Gasteiger partial charge in [0.15, 0.2) is 5.78 Å². The van der Waals surface area contributed by atoms with E-state index in [4.69, 9.17) is 4.74 Å².